The Labute approximate surface area is 115 Å². The molecule has 19 heavy (non-hydrogen) atoms. The summed E-state index contributed by atoms with van der Waals surface area (Å²) in [4.78, 5) is 9.01. The monoisotopic (exact) mass is 266 g/mol. The molecule has 1 heterocycles. The van der Waals surface area contributed by atoms with E-state index in [0.29, 0.717) is 6.54 Å². The molecule has 1 unspecified atom stereocenters. The van der Waals surface area contributed by atoms with Gasteiger partial charge in [0.15, 0.2) is 0 Å². The average molecular weight is 266 g/mol. The predicted octanol–water partition coefficient (Wildman–Crippen LogP) is 2.35. The first kappa shape index (κ1) is 15.7. The highest BCUT2D eigenvalue weighted by molar-refractivity contribution is 5.57. The van der Waals surface area contributed by atoms with E-state index in [2.05, 4.69) is 34.4 Å². The minimum absolute atomic E-state index is 0.327. The molecule has 1 aromatic heterocycles. The SMILES string of the molecule is CCCc1nc(NC)c(C)c(NCC(O)CCC)n1. The molecule has 0 aliphatic heterocycles. The van der Waals surface area contributed by atoms with Crippen molar-refractivity contribution in [1.82, 2.24) is 9.97 Å². The molecule has 0 spiro atoms. The van der Waals surface area contributed by atoms with Crippen molar-refractivity contribution in [3.05, 3.63) is 11.4 Å². The predicted molar refractivity (Wildman–Crippen MR) is 79.7 cm³/mol. The number of aliphatic hydroxyl groups is 1. The standard InChI is InChI=1S/C14H26N4O/c1-5-7-11(19)9-16-14-10(3)13(15-4)17-12(18-14)8-6-2/h11,19H,5-9H2,1-4H3,(H2,15,16,17,18). The van der Waals surface area contributed by atoms with Crippen LogP contribution in [0.5, 0.6) is 0 Å². The maximum absolute atomic E-state index is 9.78. The van der Waals surface area contributed by atoms with E-state index in [0.717, 1.165) is 48.7 Å². The van der Waals surface area contributed by atoms with Crippen LogP contribution < -0.4 is 10.6 Å². The highest BCUT2D eigenvalue weighted by Gasteiger charge is 2.11. The van der Waals surface area contributed by atoms with Crippen LogP contribution in [0.2, 0.25) is 0 Å². The highest BCUT2D eigenvalue weighted by Crippen LogP contribution is 2.20. The first-order chi connectivity index (χ1) is 9.12. The number of rotatable bonds is 8. The van der Waals surface area contributed by atoms with Gasteiger partial charge in [0.05, 0.1) is 6.10 Å². The molecule has 108 valence electrons. The van der Waals surface area contributed by atoms with Gasteiger partial charge in [0.2, 0.25) is 0 Å². The van der Waals surface area contributed by atoms with Gasteiger partial charge in [-0.2, -0.15) is 0 Å². The summed E-state index contributed by atoms with van der Waals surface area (Å²) in [6.45, 7) is 6.69. The Hall–Kier alpha value is -1.36. The van der Waals surface area contributed by atoms with E-state index in [1.807, 2.05) is 14.0 Å². The lowest BCUT2D eigenvalue weighted by molar-refractivity contribution is 0.176. The van der Waals surface area contributed by atoms with Crippen molar-refractivity contribution >= 4 is 11.6 Å². The molecule has 0 saturated carbocycles. The third kappa shape index (κ3) is 4.67. The smallest absolute Gasteiger partial charge is 0.134 e. The van der Waals surface area contributed by atoms with Crippen molar-refractivity contribution in [2.24, 2.45) is 0 Å². The average Bonchev–Trinajstić information content (AvgIpc) is 2.39. The summed E-state index contributed by atoms with van der Waals surface area (Å²) in [7, 11) is 1.86. The Bertz CT molecular complexity index is 395. The fourth-order valence-corrected chi connectivity index (χ4v) is 1.96. The van der Waals surface area contributed by atoms with Gasteiger partial charge in [-0.3, -0.25) is 0 Å². The van der Waals surface area contributed by atoms with Gasteiger partial charge >= 0.3 is 0 Å². The fourth-order valence-electron chi connectivity index (χ4n) is 1.96. The van der Waals surface area contributed by atoms with Gasteiger partial charge in [-0.25, -0.2) is 9.97 Å². The summed E-state index contributed by atoms with van der Waals surface area (Å²) in [6, 6.07) is 0. The number of anilines is 2. The second kappa shape index (κ2) is 7.94. The third-order valence-electron chi connectivity index (χ3n) is 3.03. The lowest BCUT2D eigenvalue weighted by atomic mass is 10.2. The van der Waals surface area contributed by atoms with Crippen LogP contribution >= 0.6 is 0 Å². The molecule has 0 radical (unpaired) electrons. The summed E-state index contributed by atoms with van der Waals surface area (Å²) in [5.74, 6) is 2.51. The van der Waals surface area contributed by atoms with E-state index in [4.69, 9.17) is 0 Å². The van der Waals surface area contributed by atoms with Crippen molar-refractivity contribution in [2.45, 2.75) is 52.6 Å². The van der Waals surface area contributed by atoms with Crippen molar-refractivity contribution in [1.29, 1.82) is 0 Å². The number of nitrogens with zero attached hydrogens (tertiary/aromatic N) is 2. The van der Waals surface area contributed by atoms with Crippen LogP contribution in [0.4, 0.5) is 11.6 Å². The molecule has 1 aromatic rings. The molecule has 0 aliphatic carbocycles. The summed E-state index contributed by atoms with van der Waals surface area (Å²) in [5.41, 5.74) is 0.992. The van der Waals surface area contributed by atoms with Gasteiger partial charge < -0.3 is 15.7 Å². The molecule has 0 bridgehead atoms. The summed E-state index contributed by atoms with van der Waals surface area (Å²) >= 11 is 0. The zero-order valence-electron chi connectivity index (χ0n) is 12.5. The van der Waals surface area contributed by atoms with Crippen LogP contribution in [-0.2, 0) is 6.42 Å². The van der Waals surface area contributed by atoms with Crippen molar-refractivity contribution < 1.29 is 5.11 Å². The molecule has 0 fully saturated rings. The lowest BCUT2D eigenvalue weighted by Gasteiger charge is -2.15. The van der Waals surface area contributed by atoms with Gasteiger partial charge in [0, 0.05) is 25.6 Å². The van der Waals surface area contributed by atoms with Gasteiger partial charge in [-0.05, 0) is 19.8 Å². The second-order valence-corrected chi connectivity index (χ2v) is 4.79. The lowest BCUT2D eigenvalue weighted by Crippen LogP contribution is -2.21. The van der Waals surface area contributed by atoms with E-state index in [1.54, 1.807) is 0 Å². The zero-order valence-corrected chi connectivity index (χ0v) is 12.5. The maximum Gasteiger partial charge on any atom is 0.134 e. The van der Waals surface area contributed by atoms with Gasteiger partial charge in [0.1, 0.15) is 17.5 Å². The van der Waals surface area contributed by atoms with E-state index in [-0.39, 0.29) is 6.10 Å². The summed E-state index contributed by atoms with van der Waals surface area (Å²) in [6.07, 6.45) is 3.34. The van der Waals surface area contributed by atoms with Gasteiger partial charge in [-0.15, -0.1) is 0 Å². The largest absolute Gasteiger partial charge is 0.391 e. The number of aryl methyl sites for hydroxylation is 1. The molecule has 3 N–H and O–H groups in total. The number of hydrogen-bond acceptors (Lipinski definition) is 5. The Morgan fingerprint density at radius 2 is 1.84 bits per heavy atom. The van der Waals surface area contributed by atoms with E-state index in [1.165, 1.54) is 0 Å². The number of hydrogen-bond donors (Lipinski definition) is 3. The van der Waals surface area contributed by atoms with Crippen molar-refractivity contribution in [3.63, 3.8) is 0 Å². The van der Waals surface area contributed by atoms with Crippen LogP contribution in [0.1, 0.15) is 44.5 Å². The van der Waals surface area contributed by atoms with Crippen LogP contribution in [0.25, 0.3) is 0 Å². The Kier molecular flexibility index (Phi) is 6.56. The Morgan fingerprint density at radius 3 is 2.42 bits per heavy atom. The molecular weight excluding hydrogens is 240 g/mol. The highest BCUT2D eigenvalue weighted by atomic mass is 16.3. The molecule has 0 aromatic carbocycles. The molecule has 5 nitrogen and oxygen atoms in total. The minimum atomic E-state index is -0.327. The second-order valence-electron chi connectivity index (χ2n) is 4.79. The number of aliphatic hydroxyl groups excluding tert-OH is 1. The topological polar surface area (TPSA) is 70.1 Å². The first-order valence-electron chi connectivity index (χ1n) is 7.09. The molecule has 0 aliphatic rings. The molecule has 1 atom stereocenters. The molecule has 1 rings (SSSR count). The normalized spacial score (nSPS) is 12.3. The fraction of sp³-hybridized carbons (Fsp3) is 0.714. The van der Waals surface area contributed by atoms with Crippen molar-refractivity contribution in [3.8, 4) is 0 Å². The maximum atomic E-state index is 9.78. The van der Waals surface area contributed by atoms with Crippen LogP contribution in [-0.4, -0.2) is 34.8 Å². The van der Waals surface area contributed by atoms with Gasteiger partial charge in [0.25, 0.3) is 0 Å². The Morgan fingerprint density at radius 1 is 1.16 bits per heavy atom. The van der Waals surface area contributed by atoms with Crippen molar-refractivity contribution in [2.75, 3.05) is 24.2 Å². The molecular formula is C14H26N4O. The molecule has 0 saturated heterocycles. The van der Waals surface area contributed by atoms with E-state index >= 15 is 0 Å². The molecule has 0 amide bonds. The third-order valence-corrected chi connectivity index (χ3v) is 3.03. The van der Waals surface area contributed by atoms with E-state index < -0.39 is 0 Å². The zero-order chi connectivity index (χ0) is 14.3. The summed E-state index contributed by atoms with van der Waals surface area (Å²) in [5, 5.41) is 16.1. The van der Waals surface area contributed by atoms with Crippen LogP contribution in [0, 0.1) is 6.92 Å². The summed E-state index contributed by atoms with van der Waals surface area (Å²) < 4.78 is 0. The van der Waals surface area contributed by atoms with Gasteiger partial charge in [-0.1, -0.05) is 20.3 Å². The quantitative estimate of drug-likeness (QED) is 0.674. The van der Waals surface area contributed by atoms with Crippen LogP contribution in [0.15, 0.2) is 0 Å². The van der Waals surface area contributed by atoms with Crippen LogP contribution in [0.3, 0.4) is 0 Å². The van der Waals surface area contributed by atoms with E-state index in [9.17, 15) is 5.11 Å². The minimum Gasteiger partial charge on any atom is -0.391 e. The molecule has 5 heteroatoms. The number of nitrogens with one attached hydrogen (secondary N) is 2. The number of aromatic nitrogens is 2. The Balaban J connectivity index is 2.82. The first-order valence-corrected chi connectivity index (χ1v) is 7.09.